The summed E-state index contributed by atoms with van der Waals surface area (Å²) in [4.78, 5) is 36.2. The molecule has 0 aliphatic carbocycles. The molecule has 1 atom stereocenters. The third-order valence-electron chi connectivity index (χ3n) is 3.26. The van der Waals surface area contributed by atoms with Gasteiger partial charge < -0.3 is 20.1 Å². The summed E-state index contributed by atoms with van der Waals surface area (Å²) in [6.07, 6.45) is 2.13. The van der Waals surface area contributed by atoms with Crippen LogP contribution in [0.4, 0.5) is 0 Å². The lowest BCUT2D eigenvalue weighted by Gasteiger charge is -2.20. The quantitative estimate of drug-likeness (QED) is 0.662. The molecule has 8 nitrogen and oxygen atoms in total. The summed E-state index contributed by atoms with van der Waals surface area (Å²) in [7, 11) is 0. The Hall–Kier alpha value is -2.51. The van der Waals surface area contributed by atoms with Crippen LogP contribution in [0.1, 0.15) is 27.7 Å². The van der Waals surface area contributed by atoms with Gasteiger partial charge in [-0.25, -0.2) is 4.68 Å². The average molecular weight is 323 g/mol. The number of hydrogen-bond acceptors (Lipinski definition) is 6. The SMILES string of the molecule is CCOC(O)=c1c(=O)n(CC(C)(C)C)c2n(c1=O)NC(C=O)C=2. The molecule has 8 heteroatoms. The topological polar surface area (TPSA) is 103 Å². The van der Waals surface area contributed by atoms with E-state index in [1.807, 2.05) is 20.8 Å². The second kappa shape index (κ2) is 5.94. The van der Waals surface area contributed by atoms with Gasteiger partial charge in [-0.05, 0) is 18.4 Å². The number of aldehydes is 1. The van der Waals surface area contributed by atoms with Gasteiger partial charge in [0.15, 0.2) is 5.22 Å². The summed E-state index contributed by atoms with van der Waals surface area (Å²) in [6, 6.07) is -0.710. The maximum absolute atomic E-state index is 12.7. The highest BCUT2D eigenvalue weighted by molar-refractivity contribution is 5.71. The van der Waals surface area contributed by atoms with Crippen LogP contribution < -0.4 is 27.2 Å². The zero-order valence-corrected chi connectivity index (χ0v) is 13.6. The molecule has 1 aromatic rings. The molecule has 1 aliphatic heterocycles. The van der Waals surface area contributed by atoms with Gasteiger partial charge in [-0.3, -0.25) is 14.2 Å². The van der Waals surface area contributed by atoms with E-state index in [9.17, 15) is 19.5 Å². The minimum Gasteiger partial charge on any atom is -0.480 e. The largest absolute Gasteiger partial charge is 0.480 e. The standard InChI is InChI=1S/C15H21N3O5/c1-5-23-14(22)11-12(20)17(8-15(2,3)4)10-6-9(7-19)16-18(10)13(11)21/h6-7,9,16,22H,5,8H2,1-4H3. The lowest BCUT2D eigenvalue weighted by atomic mass is 9.97. The fourth-order valence-corrected chi connectivity index (χ4v) is 2.39. The molecular weight excluding hydrogens is 302 g/mol. The zero-order valence-electron chi connectivity index (χ0n) is 13.6. The summed E-state index contributed by atoms with van der Waals surface area (Å²) >= 11 is 0. The van der Waals surface area contributed by atoms with Crippen molar-refractivity contribution in [1.29, 1.82) is 0 Å². The van der Waals surface area contributed by atoms with E-state index >= 15 is 0 Å². The van der Waals surface area contributed by atoms with Crippen LogP contribution in [0.15, 0.2) is 9.59 Å². The van der Waals surface area contributed by atoms with Crippen LogP contribution in [0, 0.1) is 5.41 Å². The zero-order chi connectivity index (χ0) is 17.4. The van der Waals surface area contributed by atoms with E-state index in [1.165, 1.54) is 10.6 Å². The van der Waals surface area contributed by atoms with Gasteiger partial charge in [-0.2, -0.15) is 0 Å². The number of nitrogens with one attached hydrogen (secondary N) is 1. The maximum Gasteiger partial charge on any atom is 0.295 e. The molecule has 0 radical (unpaired) electrons. The first kappa shape index (κ1) is 16.9. The Balaban J connectivity index is 2.90. The predicted molar refractivity (Wildman–Crippen MR) is 85.0 cm³/mol. The maximum atomic E-state index is 12.7. The highest BCUT2D eigenvalue weighted by Gasteiger charge is 2.23. The molecule has 0 amide bonds. The van der Waals surface area contributed by atoms with Crippen LogP contribution in [-0.2, 0) is 16.1 Å². The number of fused-ring (bicyclic) bond motifs is 1. The smallest absolute Gasteiger partial charge is 0.295 e. The van der Waals surface area contributed by atoms with E-state index in [2.05, 4.69) is 5.43 Å². The molecule has 0 aromatic carbocycles. The van der Waals surface area contributed by atoms with E-state index in [0.29, 0.717) is 18.3 Å². The molecule has 126 valence electrons. The van der Waals surface area contributed by atoms with Gasteiger partial charge >= 0.3 is 0 Å². The van der Waals surface area contributed by atoms with Gasteiger partial charge in [-0.1, -0.05) is 20.8 Å². The third-order valence-corrected chi connectivity index (χ3v) is 3.26. The van der Waals surface area contributed by atoms with Crippen LogP contribution >= 0.6 is 0 Å². The highest BCUT2D eigenvalue weighted by Crippen LogP contribution is 2.13. The Morgan fingerprint density at radius 1 is 1.39 bits per heavy atom. The number of aromatic nitrogens is 2. The molecule has 0 spiro atoms. The van der Waals surface area contributed by atoms with Gasteiger partial charge in [0, 0.05) is 6.54 Å². The second-order valence-electron chi connectivity index (χ2n) is 6.52. The number of aliphatic hydroxyl groups excluding tert-OH is 1. The summed E-state index contributed by atoms with van der Waals surface area (Å²) in [6.45, 7) is 7.86. The van der Waals surface area contributed by atoms with Gasteiger partial charge in [0.05, 0.1) is 6.61 Å². The van der Waals surface area contributed by atoms with Crippen LogP contribution in [0.25, 0.3) is 12.0 Å². The molecule has 0 saturated heterocycles. The first-order valence-corrected chi connectivity index (χ1v) is 7.35. The van der Waals surface area contributed by atoms with Crippen molar-refractivity contribution in [2.45, 2.75) is 40.3 Å². The Bertz CT molecular complexity index is 857. The molecule has 0 saturated carbocycles. The Labute approximate surface area is 132 Å². The van der Waals surface area contributed by atoms with Crippen molar-refractivity contribution in [2.24, 2.45) is 5.41 Å². The minimum absolute atomic E-state index is 0.113. The van der Waals surface area contributed by atoms with Crippen molar-refractivity contribution in [1.82, 2.24) is 9.24 Å². The van der Waals surface area contributed by atoms with E-state index in [1.54, 1.807) is 6.92 Å². The molecular formula is C15H21N3O5. The second-order valence-corrected chi connectivity index (χ2v) is 6.52. The third kappa shape index (κ3) is 3.15. The molecule has 2 heterocycles. The molecule has 1 aliphatic rings. The molecule has 1 aromatic heterocycles. The number of carbonyl (C=O) groups is 1. The Morgan fingerprint density at radius 2 is 2.04 bits per heavy atom. The fourth-order valence-electron chi connectivity index (χ4n) is 2.39. The monoisotopic (exact) mass is 323 g/mol. The molecule has 0 bridgehead atoms. The van der Waals surface area contributed by atoms with Gasteiger partial charge in [0.25, 0.3) is 17.1 Å². The number of hydrogen-bond donors (Lipinski definition) is 2. The van der Waals surface area contributed by atoms with Crippen molar-refractivity contribution in [3.8, 4) is 0 Å². The average Bonchev–Trinajstić information content (AvgIpc) is 2.87. The minimum atomic E-state index is -0.748. The number of ether oxygens (including phenoxy) is 1. The molecule has 2 N–H and O–H groups in total. The summed E-state index contributed by atoms with van der Waals surface area (Å²) in [5, 5.41) is 9.47. The Morgan fingerprint density at radius 3 is 2.57 bits per heavy atom. The molecule has 23 heavy (non-hydrogen) atoms. The molecule has 2 rings (SSSR count). The number of aliphatic hydroxyl groups is 1. The van der Waals surface area contributed by atoms with Crippen molar-refractivity contribution in [2.75, 3.05) is 12.0 Å². The van der Waals surface area contributed by atoms with Crippen LogP contribution in [0.2, 0.25) is 0 Å². The van der Waals surface area contributed by atoms with Crippen LogP contribution in [0.5, 0.6) is 0 Å². The Kier molecular flexibility index (Phi) is 4.35. The lowest BCUT2D eigenvalue weighted by molar-refractivity contribution is -0.107. The van der Waals surface area contributed by atoms with Gasteiger partial charge in [0.1, 0.15) is 17.8 Å². The number of nitrogens with zero attached hydrogens (tertiary/aromatic N) is 2. The summed E-state index contributed by atoms with van der Waals surface area (Å²) in [5.41, 5.74) is 1.32. The summed E-state index contributed by atoms with van der Waals surface area (Å²) in [5.74, 6) is -0.711. The fraction of sp³-hybridized carbons (Fsp3) is 0.533. The molecule has 1 unspecified atom stereocenters. The summed E-state index contributed by atoms with van der Waals surface area (Å²) < 4.78 is 7.38. The van der Waals surface area contributed by atoms with Crippen molar-refractivity contribution >= 4 is 18.3 Å². The van der Waals surface area contributed by atoms with E-state index in [-0.39, 0.29) is 12.0 Å². The predicted octanol–water partition coefficient (Wildman–Crippen LogP) is -1.38. The molecule has 0 fully saturated rings. The number of carbonyl (C=O) groups excluding carboxylic acids is 1. The van der Waals surface area contributed by atoms with E-state index < -0.39 is 28.3 Å². The van der Waals surface area contributed by atoms with E-state index in [4.69, 9.17) is 4.74 Å². The first-order chi connectivity index (χ1) is 10.7. The normalized spacial score (nSPS) is 17.8. The first-order valence-electron chi connectivity index (χ1n) is 7.35. The van der Waals surface area contributed by atoms with Crippen molar-refractivity contribution in [3.05, 3.63) is 31.4 Å². The van der Waals surface area contributed by atoms with E-state index in [0.717, 1.165) is 4.68 Å². The van der Waals surface area contributed by atoms with Crippen molar-refractivity contribution < 1.29 is 14.6 Å². The van der Waals surface area contributed by atoms with Crippen LogP contribution in [-0.4, -0.2) is 33.3 Å². The lowest BCUT2D eigenvalue weighted by Crippen LogP contribution is -2.60. The van der Waals surface area contributed by atoms with Gasteiger partial charge in [-0.15, -0.1) is 0 Å². The van der Waals surface area contributed by atoms with Crippen LogP contribution in [0.3, 0.4) is 0 Å². The van der Waals surface area contributed by atoms with Crippen molar-refractivity contribution in [3.63, 3.8) is 0 Å². The number of rotatable bonds is 4. The van der Waals surface area contributed by atoms with Gasteiger partial charge in [0.2, 0.25) is 0 Å². The highest BCUT2D eigenvalue weighted by atomic mass is 16.6.